The summed E-state index contributed by atoms with van der Waals surface area (Å²) >= 11 is 0. The van der Waals surface area contributed by atoms with Crippen LogP contribution in [0.4, 0.5) is 4.39 Å². The van der Waals surface area contributed by atoms with Crippen molar-refractivity contribution >= 4 is 22.1 Å². The lowest BCUT2D eigenvalue weighted by Gasteiger charge is -2.17. The number of aryl methyl sites for hydroxylation is 1. The molecule has 0 bridgehead atoms. The maximum absolute atomic E-state index is 13.5. The number of ether oxygens (including phenoxy) is 1. The fourth-order valence-corrected chi connectivity index (χ4v) is 3.48. The molecule has 0 unspecified atom stereocenters. The number of carbonyl (C=O) groups excluding carboxylic acids is 1. The first-order chi connectivity index (χ1) is 12.8. The van der Waals surface area contributed by atoms with Crippen LogP contribution in [0.25, 0.3) is 0 Å². The van der Waals surface area contributed by atoms with E-state index in [1.54, 1.807) is 19.1 Å². The van der Waals surface area contributed by atoms with Gasteiger partial charge in [-0.05, 0) is 36.8 Å². The number of nitrogens with zero attached hydrogens (tertiary/aromatic N) is 2. The molecule has 0 saturated heterocycles. The van der Waals surface area contributed by atoms with Gasteiger partial charge in [0.1, 0.15) is 11.6 Å². The molecule has 0 aliphatic rings. The monoisotopic (exact) mass is 393 g/mol. The summed E-state index contributed by atoms with van der Waals surface area (Å²) in [6.07, 6.45) is 1.15. The Bertz CT molecular complexity index is 961. The highest BCUT2D eigenvalue weighted by Gasteiger charge is 2.23. The van der Waals surface area contributed by atoms with Gasteiger partial charge in [0, 0.05) is 12.6 Å². The zero-order chi connectivity index (χ0) is 20.0. The second-order valence-corrected chi connectivity index (χ2v) is 7.75. The molecule has 1 N–H and O–H groups in total. The average Bonchev–Trinajstić information content (AvgIpc) is 2.63. The van der Waals surface area contributed by atoms with Crippen molar-refractivity contribution in [1.29, 1.82) is 0 Å². The van der Waals surface area contributed by atoms with Gasteiger partial charge in [-0.25, -0.2) is 18.2 Å². The highest BCUT2D eigenvalue weighted by Crippen LogP contribution is 2.23. The summed E-state index contributed by atoms with van der Waals surface area (Å²) in [4.78, 5) is 12.0. The van der Waals surface area contributed by atoms with Crippen molar-refractivity contribution in [2.24, 2.45) is 5.10 Å². The summed E-state index contributed by atoms with van der Waals surface area (Å²) in [5.41, 5.74) is 3.04. The molecule has 0 aliphatic carbocycles. The van der Waals surface area contributed by atoms with Crippen molar-refractivity contribution in [3.8, 4) is 5.75 Å². The molecule has 0 saturated carbocycles. The van der Waals surface area contributed by atoms with Gasteiger partial charge < -0.3 is 4.74 Å². The Balaban J connectivity index is 2.02. The maximum Gasteiger partial charge on any atom is 0.255 e. The van der Waals surface area contributed by atoms with Crippen LogP contribution in [0, 0.1) is 12.7 Å². The van der Waals surface area contributed by atoms with Gasteiger partial charge in [0.2, 0.25) is 10.0 Å². The molecule has 2 aromatic rings. The molecule has 0 aliphatic heterocycles. The molecule has 0 spiro atoms. The van der Waals surface area contributed by atoms with Crippen molar-refractivity contribution in [3.63, 3.8) is 0 Å². The molecule has 2 rings (SSSR count). The van der Waals surface area contributed by atoms with E-state index >= 15 is 0 Å². The summed E-state index contributed by atoms with van der Waals surface area (Å²) < 4.78 is 44.6. The van der Waals surface area contributed by atoms with Crippen molar-refractivity contribution in [3.05, 3.63) is 59.4 Å². The molecular weight excluding hydrogens is 373 g/mol. The Morgan fingerprint density at radius 2 is 2.00 bits per heavy atom. The molecule has 0 atom stereocenters. The minimum Gasteiger partial charge on any atom is -0.496 e. The fraction of sp³-hybridized carbons (Fsp3) is 0.222. The van der Waals surface area contributed by atoms with E-state index in [-0.39, 0.29) is 10.5 Å². The number of halogens is 1. The van der Waals surface area contributed by atoms with Crippen LogP contribution in [0.15, 0.2) is 52.5 Å². The SMILES string of the molecule is COc1ccc(S(=O)(=O)N(C)CC(=O)N/N=C/c2ccccc2F)cc1C. The highest BCUT2D eigenvalue weighted by atomic mass is 32.2. The van der Waals surface area contributed by atoms with Gasteiger partial charge in [0.05, 0.1) is 24.8 Å². The third-order valence-electron chi connectivity index (χ3n) is 3.74. The lowest BCUT2D eigenvalue weighted by Crippen LogP contribution is -2.36. The number of hydrazone groups is 1. The van der Waals surface area contributed by atoms with E-state index in [0.29, 0.717) is 11.3 Å². The lowest BCUT2D eigenvalue weighted by molar-refractivity contribution is -0.121. The molecule has 2 aromatic carbocycles. The first kappa shape index (κ1) is 20.5. The van der Waals surface area contributed by atoms with E-state index in [2.05, 4.69) is 10.5 Å². The number of likely N-dealkylation sites (N-methyl/N-ethyl adjacent to an activating group) is 1. The number of methoxy groups -OCH3 is 1. The minimum absolute atomic E-state index is 0.0472. The predicted molar refractivity (Wildman–Crippen MR) is 99.7 cm³/mol. The lowest BCUT2D eigenvalue weighted by atomic mass is 10.2. The van der Waals surface area contributed by atoms with Crippen molar-refractivity contribution in [2.45, 2.75) is 11.8 Å². The third kappa shape index (κ3) is 5.11. The number of amides is 1. The number of hydrogen-bond donors (Lipinski definition) is 1. The molecule has 0 radical (unpaired) electrons. The highest BCUT2D eigenvalue weighted by molar-refractivity contribution is 7.89. The molecule has 1 amide bonds. The zero-order valence-corrected chi connectivity index (χ0v) is 16.0. The molecule has 144 valence electrons. The van der Waals surface area contributed by atoms with Gasteiger partial charge in [0.25, 0.3) is 5.91 Å². The summed E-state index contributed by atoms with van der Waals surface area (Å²) in [7, 11) is -1.08. The minimum atomic E-state index is -3.86. The maximum atomic E-state index is 13.5. The Kier molecular flexibility index (Phi) is 6.65. The second kappa shape index (κ2) is 8.74. The van der Waals surface area contributed by atoms with Crippen molar-refractivity contribution < 1.29 is 22.3 Å². The molecule has 0 fully saturated rings. The van der Waals surface area contributed by atoms with E-state index in [0.717, 1.165) is 10.5 Å². The third-order valence-corrected chi connectivity index (χ3v) is 5.54. The van der Waals surface area contributed by atoms with E-state index in [1.165, 1.54) is 44.5 Å². The first-order valence-corrected chi connectivity index (χ1v) is 9.37. The summed E-state index contributed by atoms with van der Waals surface area (Å²) in [6, 6.07) is 10.4. The number of sulfonamides is 1. The normalized spacial score (nSPS) is 11.7. The summed E-state index contributed by atoms with van der Waals surface area (Å²) in [5, 5.41) is 3.64. The van der Waals surface area contributed by atoms with Gasteiger partial charge in [-0.2, -0.15) is 9.41 Å². The Morgan fingerprint density at radius 3 is 2.63 bits per heavy atom. The van der Waals surface area contributed by atoms with Gasteiger partial charge in [-0.15, -0.1) is 0 Å². The molecule has 0 aromatic heterocycles. The van der Waals surface area contributed by atoms with Crippen LogP contribution in [-0.4, -0.2) is 45.5 Å². The Labute approximate surface area is 157 Å². The van der Waals surface area contributed by atoms with Crippen LogP contribution >= 0.6 is 0 Å². The smallest absolute Gasteiger partial charge is 0.255 e. The molecule has 9 heteroatoms. The van der Waals surface area contributed by atoms with Crippen LogP contribution in [0.5, 0.6) is 5.75 Å². The topological polar surface area (TPSA) is 88.1 Å². The largest absolute Gasteiger partial charge is 0.496 e. The standard InChI is InChI=1S/C18H20FN3O4S/c1-13-10-15(8-9-17(13)26-3)27(24,25)22(2)12-18(23)21-20-11-14-6-4-5-7-16(14)19/h4-11H,12H2,1-3H3,(H,21,23)/b20-11+. The van der Waals surface area contributed by atoms with Crippen LogP contribution in [0.2, 0.25) is 0 Å². The molecule has 27 heavy (non-hydrogen) atoms. The number of hydrogen-bond acceptors (Lipinski definition) is 5. The van der Waals surface area contributed by atoms with Gasteiger partial charge >= 0.3 is 0 Å². The Hall–Kier alpha value is -2.78. The van der Waals surface area contributed by atoms with Gasteiger partial charge in [0.15, 0.2) is 0 Å². The number of benzene rings is 2. The molecule has 7 nitrogen and oxygen atoms in total. The summed E-state index contributed by atoms with van der Waals surface area (Å²) in [5.74, 6) is -0.569. The van der Waals surface area contributed by atoms with Gasteiger partial charge in [-0.1, -0.05) is 18.2 Å². The fourth-order valence-electron chi connectivity index (χ4n) is 2.27. The molecule has 0 heterocycles. The second-order valence-electron chi connectivity index (χ2n) is 5.71. The van der Waals surface area contributed by atoms with E-state index < -0.39 is 28.3 Å². The number of rotatable bonds is 7. The van der Waals surface area contributed by atoms with Crippen LogP contribution in [0.1, 0.15) is 11.1 Å². The van der Waals surface area contributed by atoms with E-state index in [9.17, 15) is 17.6 Å². The first-order valence-electron chi connectivity index (χ1n) is 7.93. The van der Waals surface area contributed by atoms with Crippen molar-refractivity contribution in [2.75, 3.05) is 20.7 Å². The van der Waals surface area contributed by atoms with Gasteiger partial charge in [-0.3, -0.25) is 4.79 Å². The average molecular weight is 393 g/mol. The van der Waals surface area contributed by atoms with E-state index in [1.807, 2.05) is 0 Å². The molecular formula is C18H20FN3O4S. The zero-order valence-electron chi connectivity index (χ0n) is 15.1. The van der Waals surface area contributed by atoms with Crippen LogP contribution < -0.4 is 10.2 Å². The number of carbonyl (C=O) groups is 1. The van der Waals surface area contributed by atoms with Crippen LogP contribution in [0.3, 0.4) is 0 Å². The predicted octanol–water partition coefficient (Wildman–Crippen LogP) is 1.91. The quantitative estimate of drug-likeness (QED) is 0.575. The Morgan fingerprint density at radius 1 is 1.30 bits per heavy atom. The number of nitrogens with one attached hydrogen (secondary N) is 1. The van der Waals surface area contributed by atoms with E-state index in [4.69, 9.17) is 4.74 Å². The summed E-state index contributed by atoms with van der Waals surface area (Å²) in [6.45, 7) is 1.28. The van der Waals surface area contributed by atoms with Crippen molar-refractivity contribution in [1.82, 2.24) is 9.73 Å². The van der Waals surface area contributed by atoms with Crippen LogP contribution in [-0.2, 0) is 14.8 Å².